The molecule has 3 heteroatoms. The number of nitrogens with zero attached hydrogens (tertiary/aromatic N) is 3. The lowest BCUT2D eigenvalue weighted by atomic mass is 9.99. The molecule has 0 saturated heterocycles. The van der Waals surface area contributed by atoms with Crippen LogP contribution in [-0.4, -0.2) is 13.7 Å². The number of aromatic nitrogens is 3. The smallest absolute Gasteiger partial charge is 0.0645 e. The van der Waals surface area contributed by atoms with Gasteiger partial charge in [-0.15, -0.1) is 0 Å². The highest BCUT2D eigenvalue weighted by molar-refractivity contribution is 6.26. The van der Waals surface area contributed by atoms with Gasteiger partial charge in [0.1, 0.15) is 0 Å². The van der Waals surface area contributed by atoms with Crippen molar-refractivity contribution in [1.29, 1.82) is 0 Å². The van der Waals surface area contributed by atoms with E-state index < -0.39 is 78.2 Å². The van der Waals surface area contributed by atoms with Crippen LogP contribution in [0.5, 0.6) is 0 Å². The van der Waals surface area contributed by atoms with Gasteiger partial charge in [0, 0.05) is 54.8 Å². The van der Waals surface area contributed by atoms with Gasteiger partial charge in [-0.1, -0.05) is 133 Å². The van der Waals surface area contributed by atoms with Crippen molar-refractivity contribution in [1.82, 2.24) is 13.7 Å². The molecule has 0 atom stereocenters. The Kier molecular flexibility index (Phi) is 3.99. The van der Waals surface area contributed by atoms with Crippen LogP contribution in [0.4, 0.5) is 0 Å². The third-order valence-corrected chi connectivity index (χ3v) is 9.82. The number of hydrogen-bond acceptors (Lipinski definition) is 0. The molecule has 11 aromatic rings. The molecule has 238 valence electrons. The first-order valence-electron chi connectivity index (χ1n) is 22.6. The van der Waals surface area contributed by atoms with E-state index in [0.29, 0.717) is 11.3 Å². The molecule has 0 N–H and O–H groups in total. The Morgan fingerprint density at radius 1 is 0.333 bits per heavy atom. The van der Waals surface area contributed by atoms with E-state index >= 15 is 0 Å². The largest absolute Gasteiger partial charge is 0.309 e. The molecule has 0 aliphatic heterocycles. The monoisotopic (exact) mass is 661 g/mol. The first kappa shape index (κ1) is 18.8. The maximum absolute atomic E-state index is 9.69. The van der Waals surface area contributed by atoms with Crippen molar-refractivity contribution >= 4 is 65.4 Å². The predicted octanol–water partition coefficient (Wildman–Crippen LogP) is 12.6. The van der Waals surface area contributed by atoms with Gasteiger partial charge < -0.3 is 13.7 Å². The van der Waals surface area contributed by atoms with Crippen molar-refractivity contribution in [2.75, 3.05) is 0 Å². The van der Waals surface area contributed by atoms with Crippen molar-refractivity contribution in [2.45, 2.75) is 0 Å². The topological polar surface area (TPSA) is 14.8 Å². The standard InChI is InChI=1S/C48H31N3/c1-3-16-32(17-4-1)49-44-29-14-10-23-40(44)46-45(49)31-30-39-36-22-9-13-28-43(36)51(48(39)46)42-27-12-8-21-35(42)38-25-15-24-37-34-20-7-11-26-41(34)50(47(37)38)33-18-5-2-6-19-33/h1-31H/i2D,5D,6D,7D,11D,15D,18D,19D,20D,24D,25D,26D. The van der Waals surface area contributed by atoms with Crippen LogP contribution in [0, 0.1) is 0 Å². The van der Waals surface area contributed by atoms with Gasteiger partial charge in [0.15, 0.2) is 0 Å². The van der Waals surface area contributed by atoms with E-state index in [1.165, 1.54) is 4.57 Å². The highest BCUT2D eigenvalue weighted by atomic mass is 15.0. The summed E-state index contributed by atoms with van der Waals surface area (Å²) in [5.41, 5.74) is 4.79. The number of fused-ring (bicyclic) bond motifs is 10. The predicted molar refractivity (Wildman–Crippen MR) is 215 cm³/mol. The van der Waals surface area contributed by atoms with E-state index in [4.69, 9.17) is 11.0 Å². The average Bonchev–Trinajstić information content (AvgIpc) is 3.95. The minimum Gasteiger partial charge on any atom is -0.309 e. The minimum atomic E-state index is -0.679. The Morgan fingerprint density at radius 3 is 1.88 bits per heavy atom. The van der Waals surface area contributed by atoms with Gasteiger partial charge in [-0.2, -0.15) is 0 Å². The zero-order valence-electron chi connectivity index (χ0n) is 38.8. The third kappa shape index (κ3) is 3.94. The lowest BCUT2D eigenvalue weighted by Gasteiger charge is -2.17. The van der Waals surface area contributed by atoms with Crippen LogP contribution in [0.2, 0.25) is 0 Å². The van der Waals surface area contributed by atoms with Gasteiger partial charge >= 0.3 is 0 Å². The molecule has 51 heavy (non-hydrogen) atoms. The Bertz CT molecular complexity index is 3800. The Hall–Kier alpha value is -6.84. The summed E-state index contributed by atoms with van der Waals surface area (Å²) in [6.07, 6.45) is 0. The van der Waals surface area contributed by atoms with Crippen LogP contribution in [0.25, 0.3) is 93.6 Å². The zero-order chi connectivity index (χ0) is 43.9. The molecule has 3 aromatic heterocycles. The van der Waals surface area contributed by atoms with Crippen molar-refractivity contribution in [3.05, 3.63) is 188 Å². The van der Waals surface area contributed by atoms with Gasteiger partial charge in [0.25, 0.3) is 0 Å². The van der Waals surface area contributed by atoms with Crippen molar-refractivity contribution < 1.29 is 16.4 Å². The number of hydrogen-bond donors (Lipinski definition) is 0. The average molecular weight is 662 g/mol. The van der Waals surface area contributed by atoms with Crippen molar-refractivity contribution in [3.8, 4) is 28.2 Å². The van der Waals surface area contributed by atoms with Crippen LogP contribution in [0.15, 0.2) is 188 Å². The number of rotatable bonds is 4. The van der Waals surface area contributed by atoms with Crippen molar-refractivity contribution in [3.63, 3.8) is 0 Å². The summed E-state index contributed by atoms with van der Waals surface area (Å²) in [5.74, 6) is 0. The number of para-hydroxylation sites is 7. The van der Waals surface area contributed by atoms with E-state index in [1.807, 2.05) is 66.7 Å². The Labute approximate surface area is 311 Å². The highest BCUT2D eigenvalue weighted by Crippen LogP contribution is 2.45. The Balaban J connectivity index is 1.38. The normalized spacial score (nSPS) is 15.2. The molecule has 0 radical (unpaired) electrons. The van der Waals surface area contributed by atoms with Gasteiger partial charge in [-0.3, -0.25) is 0 Å². The molecule has 0 bridgehead atoms. The molecule has 3 nitrogen and oxygen atoms in total. The molecule has 0 amide bonds. The minimum absolute atomic E-state index is 0.0336. The maximum atomic E-state index is 9.69. The quantitative estimate of drug-likeness (QED) is 0.178. The third-order valence-electron chi connectivity index (χ3n) is 9.82. The van der Waals surface area contributed by atoms with Crippen LogP contribution >= 0.6 is 0 Å². The Morgan fingerprint density at radius 2 is 1.02 bits per heavy atom. The molecule has 0 aliphatic rings. The summed E-state index contributed by atoms with van der Waals surface area (Å²) in [4.78, 5) is 0. The van der Waals surface area contributed by atoms with Crippen LogP contribution in [-0.2, 0) is 0 Å². The van der Waals surface area contributed by atoms with E-state index in [-0.39, 0.29) is 27.4 Å². The van der Waals surface area contributed by atoms with E-state index in [0.717, 1.165) is 49.3 Å². The summed E-state index contributed by atoms with van der Waals surface area (Å²) in [6.45, 7) is 0. The van der Waals surface area contributed by atoms with E-state index in [2.05, 4.69) is 45.5 Å². The summed E-state index contributed by atoms with van der Waals surface area (Å²) < 4.78 is 113. The summed E-state index contributed by atoms with van der Waals surface area (Å²) in [6, 6.07) is 30.6. The van der Waals surface area contributed by atoms with Crippen molar-refractivity contribution in [2.24, 2.45) is 0 Å². The molecular formula is C48H31N3. The first-order chi connectivity index (χ1) is 30.3. The van der Waals surface area contributed by atoms with Crippen LogP contribution in [0.1, 0.15) is 16.4 Å². The molecule has 0 aliphatic carbocycles. The fraction of sp³-hybridized carbons (Fsp3) is 0. The SMILES string of the molecule is [2H]c1c([2H])c([2H])c(-n2c3c([2H])c([2H])c([2H])c([2H])c3c3c([2H])c([2H])c([2H])c(-c4ccccc4-n4c5ccccc5c5ccc6c(c7ccccc7n6-c6ccccc6)c54)c32)c([2H])c1[2H]. The lowest BCUT2D eigenvalue weighted by molar-refractivity contribution is 1.17. The summed E-state index contributed by atoms with van der Waals surface area (Å²) in [7, 11) is 0. The van der Waals surface area contributed by atoms with Gasteiger partial charge in [-0.25, -0.2) is 0 Å². The van der Waals surface area contributed by atoms with E-state index in [1.54, 1.807) is 12.1 Å². The first-order valence-corrected chi connectivity index (χ1v) is 16.6. The zero-order valence-corrected chi connectivity index (χ0v) is 26.8. The van der Waals surface area contributed by atoms with Gasteiger partial charge in [0.05, 0.1) is 55.2 Å². The summed E-state index contributed by atoms with van der Waals surface area (Å²) in [5, 5.41) is 3.53. The second-order valence-electron chi connectivity index (χ2n) is 12.4. The molecule has 11 rings (SSSR count). The second-order valence-corrected chi connectivity index (χ2v) is 12.4. The fourth-order valence-corrected chi connectivity index (χ4v) is 7.84. The number of benzene rings is 8. The molecule has 3 heterocycles. The van der Waals surface area contributed by atoms with E-state index in [9.17, 15) is 5.48 Å². The molecule has 0 spiro atoms. The molecule has 0 saturated carbocycles. The molecule has 0 fully saturated rings. The van der Waals surface area contributed by atoms with Gasteiger partial charge in [0.2, 0.25) is 0 Å². The fourth-order valence-electron chi connectivity index (χ4n) is 7.84. The lowest BCUT2D eigenvalue weighted by Crippen LogP contribution is -2.00. The van der Waals surface area contributed by atoms with Gasteiger partial charge in [-0.05, 0) is 54.5 Å². The van der Waals surface area contributed by atoms with Crippen LogP contribution in [0.3, 0.4) is 0 Å². The molecule has 0 unspecified atom stereocenters. The molecule has 8 aromatic carbocycles. The summed E-state index contributed by atoms with van der Waals surface area (Å²) >= 11 is 0. The maximum Gasteiger partial charge on any atom is 0.0645 e. The molecular weight excluding hydrogens is 619 g/mol. The van der Waals surface area contributed by atoms with Crippen LogP contribution < -0.4 is 0 Å². The highest BCUT2D eigenvalue weighted by Gasteiger charge is 2.23. The second kappa shape index (κ2) is 10.8.